The number of nitrogens with zero attached hydrogens (tertiary/aromatic N) is 5. The second-order valence-corrected chi connectivity index (χ2v) is 8.89. The van der Waals surface area contributed by atoms with Crippen molar-refractivity contribution in [3.63, 3.8) is 0 Å². The fourth-order valence-corrected chi connectivity index (χ4v) is 4.79. The Kier molecular flexibility index (Phi) is 8.36. The Morgan fingerprint density at radius 2 is 1.69 bits per heavy atom. The number of aliphatic imine (C=N–C) groups is 1. The van der Waals surface area contributed by atoms with E-state index in [1.54, 1.807) is 0 Å². The second kappa shape index (κ2) is 11.6. The van der Waals surface area contributed by atoms with Crippen LogP contribution in [0, 0.1) is 0 Å². The largest absolute Gasteiger partial charge is 0.368 e. The van der Waals surface area contributed by atoms with E-state index >= 15 is 0 Å². The van der Waals surface area contributed by atoms with Crippen LogP contribution in [0.2, 0.25) is 0 Å². The zero-order valence-corrected chi connectivity index (χ0v) is 19.4. The fraction of sp³-hybridized carbons (Fsp3) is 0.667. The van der Waals surface area contributed by atoms with E-state index in [0.29, 0.717) is 0 Å². The monoisotopic (exact) mass is 442 g/mol. The van der Waals surface area contributed by atoms with Gasteiger partial charge in [-0.25, -0.2) is 0 Å². The number of hydrogen-bond donors (Lipinski definition) is 1. The molecule has 1 aromatic carbocycles. The summed E-state index contributed by atoms with van der Waals surface area (Å²) in [7, 11) is 1.84. The lowest BCUT2D eigenvalue weighted by molar-refractivity contribution is -0.142. The Labute approximate surface area is 192 Å². The van der Waals surface area contributed by atoms with Crippen LogP contribution in [0.25, 0.3) is 0 Å². The Morgan fingerprint density at radius 1 is 1.00 bits per heavy atom. The predicted molar refractivity (Wildman–Crippen MR) is 127 cm³/mol. The maximum Gasteiger partial charge on any atom is 0.251 e. The Morgan fingerprint density at radius 3 is 2.34 bits per heavy atom. The molecule has 3 aliphatic rings. The first-order valence-corrected chi connectivity index (χ1v) is 12.1. The molecule has 1 N–H and O–H groups in total. The van der Waals surface area contributed by atoms with Gasteiger partial charge in [0.15, 0.2) is 5.96 Å². The Balaban J connectivity index is 1.12. The van der Waals surface area contributed by atoms with Gasteiger partial charge in [-0.1, -0.05) is 30.3 Å². The van der Waals surface area contributed by atoms with Crippen LogP contribution >= 0.6 is 0 Å². The Hall–Kier alpha value is -2.16. The number of guanidine groups is 1. The molecule has 32 heavy (non-hydrogen) atoms. The zero-order chi connectivity index (χ0) is 22.2. The van der Waals surface area contributed by atoms with Gasteiger partial charge in [0.1, 0.15) is 6.10 Å². The third-order valence-corrected chi connectivity index (χ3v) is 6.73. The molecule has 3 saturated heterocycles. The summed E-state index contributed by atoms with van der Waals surface area (Å²) in [6.07, 6.45) is 1.64. The van der Waals surface area contributed by atoms with Crippen LogP contribution in [-0.2, 0) is 16.1 Å². The molecule has 8 heteroatoms. The summed E-state index contributed by atoms with van der Waals surface area (Å²) in [5.74, 6) is 1.11. The average Bonchev–Trinajstić information content (AvgIpc) is 3.38. The van der Waals surface area contributed by atoms with Crippen LogP contribution in [0.4, 0.5) is 0 Å². The molecule has 3 heterocycles. The number of amides is 1. The van der Waals surface area contributed by atoms with E-state index in [4.69, 9.17) is 4.74 Å². The highest BCUT2D eigenvalue weighted by atomic mass is 16.5. The maximum atomic E-state index is 12.5. The van der Waals surface area contributed by atoms with Crippen LogP contribution in [0.5, 0.6) is 0 Å². The van der Waals surface area contributed by atoms with Crippen molar-refractivity contribution in [2.24, 2.45) is 4.99 Å². The van der Waals surface area contributed by atoms with E-state index in [-0.39, 0.29) is 12.0 Å². The van der Waals surface area contributed by atoms with Crippen molar-refractivity contribution < 1.29 is 9.53 Å². The highest BCUT2D eigenvalue weighted by Crippen LogP contribution is 2.16. The summed E-state index contributed by atoms with van der Waals surface area (Å²) in [5, 5.41) is 3.53. The van der Waals surface area contributed by atoms with Gasteiger partial charge in [0.25, 0.3) is 5.91 Å². The van der Waals surface area contributed by atoms with Crippen LogP contribution in [0.1, 0.15) is 18.4 Å². The van der Waals surface area contributed by atoms with Gasteiger partial charge in [0.2, 0.25) is 0 Å². The molecular weight excluding hydrogens is 404 g/mol. The van der Waals surface area contributed by atoms with E-state index in [1.807, 2.05) is 11.9 Å². The Bertz CT molecular complexity index is 736. The molecule has 0 bridgehead atoms. The summed E-state index contributed by atoms with van der Waals surface area (Å²) < 4.78 is 5.56. The van der Waals surface area contributed by atoms with Crippen molar-refractivity contribution in [3.8, 4) is 0 Å². The molecule has 3 fully saturated rings. The van der Waals surface area contributed by atoms with E-state index < -0.39 is 0 Å². The first kappa shape index (κ1) is 23.0. The lowest BCUT2D eigenvalue weighted by Gasteiger charge is -2.38. The van der Waals surface area contributed by atoms with Crippen molar-refractivity contribution >= 4 is 11.9 Å². The van der Waals surface area contributed by atoms with Crippen molar-refractivity contribution in [1.82, 2.24) is 24.9 Å². The first-order valence-electron chi connectivity index (χ1n) is 12.1. The van der Waals surface area contributed by atoms with Crippen LogP contribution in [-0.4, -0.2) is 117 Å². The molecule has 3 aliphatic heterocycles. The summed E-state index contributed by atoms with van der Waals surface area (Å²) in [5.41, 5.74) is 1.39. The van der Waals surface area contributed by atoms with Gasteiger partial charge in [-0.05, 0) is 18.4 Å². The number of rotatable bonds is 6. The first-order chi connectivity index (χ1) is 15.7. The minimum absolute atomic E-state index is 0.163. The number of piperazine rings is 2. The number of nitrogens with one attached hydrogen (secondary N) is 1. The van der Waals surface area contributed by atoms with Crippen molar-refractivity contribution in [2.45, 2.75) is 25.5 Å². The molecule has 176 valence electrons. The van der Waals surface area contributed by atoms with Crippen LogP contribution < -0.4 is 5.32 Å². The molecular formula is C24H38N6O2. The van der Waals surface area contributed by atoms with Gasteiger partial charge in [-0.15, -0.1) is 0 Å². The maximum absolute atomic E-state index is 12.5. The lowest BCUT2D eigenvalue weighted by Crippen LogP contribution is -2.56. The summed E-state index contributed by atoms with van der Waals surface area (Å²) in [6.45, 7) is 11.2. The number of hydrogen-bond acceptors (Lipinski definition) is 5. The van der Waals surface area contributed by atoms with E-state index in [9.17, 15) is 4.79 Å². The summed E-state index contributed by atoms with van der Waals surface area (Å²) in [4.78, 5) is 26.3. The van der Waals surface area contributed by atoms with Gasteiger partial charge in [-0.3, -0.25) is 19.6 Å². The van der Waals surface area contributed by atoms with Crippen LogP contribution in [0.3, 0.4) is 0 Å². The van der Waals surface area contributed by atoms with Gasteiger partial charge in [0.05, 0.1) is 0 Å². The third kappa shape index (κ3) is 6.21. The number of ether oxygens (including phenoxy) is 1. The highest BCUT2D eigenvalue weighted by Gasteiger charge is 2.31. The third-order valence-electron chi connectivity index (χ3n) is 6.73. The molecule has 0 saturated carbocycles. The summed E-state index contributed by atoms with van der Waals surface area (Å²) >= 11 is 0. The molecule has 4 rings (SSSR count). The van der Waals surface area contributed by atoms with Gasteiger partial charge < -0.3 is 19.9 Å². The second-order valence-electron chi connectivity index (χ2n) is 8.89. The molecule has 1 unspecified atom stereocenters. The molecule has 1 amide bonds. The molecule has 0 aliphatic carbocycles. The SMILES string of the molecule is CN=C(NCCN1CCN(Cc2ccccc2)CC1)N1CCN(C(=O)C2CCCO2)CC1. The topological polar surface area (TPSA) is 63.7 Å². The quantitative estimate of drug-likeness (QED) is 0.517. The zero-order valence-electron chi connectivity index (χ0n) is 19.4. The van der Waals surface area contributed by atoms with Crippen molar-refractivity contribution in [1.29, 1.82) is 0 Å². The summed E-state index contributed by atoms with van der Waals surface area (Å²) in [6, 6.07) is 10.7. The van der Waals surface area contributed by atoms with Crippen molar-refractivity contribution in [3.05, 3.63) is 35.9 Å². The minimum Gasteiger partial charge on any atom is -0.368 e. The normalized spacial score (nSPS) is 23.5. The smallest absolute Gasteiger partial charge is 0.251 e. The predicted octanol–water partition coefficient (Wildman–Crippen LogP) is 0.703. The molecule has 8 nitrogen and oxygen atoms in total. The number of benzene rings is 1. The number of carbonyl (C=O) groups excluding carboxylic acids is 1. The lowest BCUT2D eigenvalue weighted by atomic mass is 10.2. The molecule has 0 radical (unpaired) electrons. The van der Waals surface area contributed by atoms with Crippen LogP contribution in [0.15, 0.2) is 35.3 Å². The van der Waals surface area contributed by atoms with Crippen molar-refractivity contribution in [2.75, 3.05) is 79.1 Å². The highest BCUT2D eigenvalue weighted by molar-refractivity contribution is 5.82. The van der Waals surface area contributed by atoms with E-state index in [2.05, 4.69) is 55.3 Å². The number of carbonyl (C=O) groups is 1. The molecule has 1 aromatic rings. The molecule has 0 spiro atoms. The van der Waals surface area contributed by atoms with Gasteiger partial charge in [-0.2, -0.15) is 0 Å². The van der Waals surface area contributed by atoms with Gasteiger partial charge >= 0.3 is 0 Å². The molecule has 1 atom stereocenters. The molecule has 0 aromatic heterocycles. The van der Waals surface area contributed by atoms with E-state index in [0.717, 1.165) is 97.4 Å². The minimum atomic E-state index is -0.216. The van der Waals surface area contributed by atoms with E-state index in [1.165, 1.54) is 5.56 Å². The standard InChI is InChI=1S/C24H38N6O2/c1-25-24(30-17-15-29(16-18-30)23(31)22-8-5-19-32-22)26-9-10-27-11-13-28(14-12-27)20-21-6-3-2-4-7-21/h2-4,6-7,22H,5,8-20H2,1H3,(H,25,26). The average molecular weight is 443 g/mol. The fourth-order valence-electron chi connectivity index (χ4n) is 4.79. The van der Waals surface area contributed by atoms with Gasteiger partial charge in [0, 0.05) is 85.6 Å².